The summed E-state index contributed by atoms with van der Waals surface area (Å²) in [7, 11) is -0.897. The van der Waals surface area contributed by atoms with Gasteiger partial charge in [-0.2, -0.15) is 0 Å². The van der Waals surface area contributed by atoms with E-state index >= 15 is 0 Å². The average Bonchev–Trinajstić information content (AvgIpc) is 2.64. The Morgan fingerprint density at radius 2 is 0.714 bits per heavy atom. The summed E-state index contributed by atoms with van der Waals surface area (Å²) in [5.41, 5.74) is 7.13. The molecule has 0 aliphatic carbocycles. The van der Waals surface area contributed by atoms with Gasteiger partial charge in [-0.3, -0.25) is 0 Å². The molecule has 0 radical (unpaired) electrons. The molecule has 4 heteroatoms. The standard InChI is InChI=1S/C24H27BO3/c1-16-7-10-22(13-19(16)4)26-25(27-23-11-8-17(2)20(5)14-23)28-24-12-9-18(3)21(6)15-24/h7-15H,1-6H3. The van der Waals surface area contributed by atoms with Crippen molar-refractivity contribution in [3.8, 4) is 17.2 Å². The summed E-state index contributed by atoms with van der Waals surface area (Å²) in [5.74, 6) is 2.13. The van der Waals surface area contributed by atoms with Crippen molar-refractivity contribution in [3.05, 3.63) is 88.0 Å². The maximum atomic E-state index is 6.05. The lowest BCUT2D eigenvalue weighted by molar-refractivity contribution is 0.307. The summed E-state index contributed by atoms with van der Waals surface area (Å²) in [6.45, 7) is 12.4. The molecule has 0 N–H and O–H groups in total. The van der Waals surface area contributed by atoms with E-state index in [1.807, 2.05) is 54.6 Å². The van der Waals surface area contributed by atoms with Gasteiger partial charge in [0.05, 0.1) is 0 Å². The molecule has 0 aliphatic rings. The van der Waals surface area contributed by atoms with Gasteiger partial charge in [-0.25, -0.2) is 0 Å². The van der Waals surface area contributed by atoms with Crippen LogP contribution >= 0.6 is 0 Å². The van der Waals surface area contributed by atoms with Crippen LogP contribution in [0.3, 0.4) is 0 Å². The summed E-state index contributed by atoms with van der Waals surface area (Å²) in [4.78, 5) is 0. The molecule has 0 aromatic heterocycles. The van der Waals surface area contributed by atoms with Crippen molar-refractivity contribution >= 4 is 7.32 Å². The summed E-state index contributed by atoms with van der Waals surface area (Å²) >= 11 is 0. The lowest BCUT2D eigenvalue weighted by Gasteiger charge is -2.18. The van der Waals surface area contributed by atoms with Gasteiger partial charge in [0, 0.05) is 0 Å². The van der Waals surface area contributed by atoms with Gasteiger partial charge in [0.25, 0.3) is 0 Å². The van der Waals surface area contributed by atoms with Crippen LogP contribution in [0.4, 0.5) is 0 Å². The van der Waals surface area contributed by atoms with Crippen molar-refractivity contribution in [2.75, 3.05) is 0 Å². The fraction of sp³-hybridized carbons (Fsp3) is 0.250. The fourth-order valence-electron chi connectivity index (χ4n) is 2.77. The zero-order valence-corrected chi connectivity index (χ0v) is 17.5. The minimum atomic E-state index is -0.897. The van der Waals surface area contributed by atoms with Crippen molar-refractivity contribution in [2.45, 2.75) is 41.5 Å². The first-order valence-corrected chi connectivity index (χ1v) is 9.53. The van der Waals surface area contributed by atoms with Crippen LogP contribution in [0.2, 0.25) is 0 Å². The predicted octanol–water partition coefficient (Wildman–Crippen LogP) is 6.06. The van der Waals surface area contributed by atoms with Crippen LogP contribution in [0, 0.1) is 41.5 Å². The third-order valence-corrected chi connectivity index (χ3v) is 5.13. The molecule has 0 saturated heterocycles. The molecule has 3 nitrogen and oxygen atoms in total. The Balaban J connectivity index is 1.86. The lowest BCUT2D eigenvalue weighted by Crippen LogP contribution is -2.37. The molecule has 28 heavy (non-hydrogen) atoms. The summed E-state index contributed by atoms with van der Waals surface area (Å²) < 4.78 is 18.2. The zero-order chi connectivity index (χ0) is 20.3. The molecular formula is C24H27BO3. The number of hydrogen-bond acceptors (Lipinski definition) is 3. The van der Waals surface area contributed by atoms with E-state index in [9.17, 15) is 0 Å². The first-order chi connectivity index (χ1) is 13.3. The number of benzene rings is 3. The average molecular weight is 374 g/mol. The van der Waals surface area contributed by atoms with E-state index < -0.39 is 7.32 Å². The Morgan fingerprint density at radius 1 is 0.429 bits per heavy atom. The summed E-state index contributed by atoms with van der Waals surface area (Å²) in [5, 5.41) is 0. The molecule has 3 rings (SSSR count). The molecular weight excluding hydrogens is 347 g/mol. The number of hydrogen-bond donors (Lipinski definition) is 0. The first kappa shape index (κ1) is 19.9. The Morgan fingerprint density at radius 3 is 0.964 bits per heavy atom. The van der Waals surface area contributed by atoms with Crippen LogP contribution in [0.5, 0.6) is 17.2 Å². The maximum Gasteiger partial charge on any atom is 0.864 e. The van der Waals surface area contributed by atoms with Crippen molar-refractivity contribution < 1.29 is 14.0 Å². The largest absolute Gasteiger partial charge is 0.864 e. The second kappa shape index (κ2) is 8.43. The van der Waals surface area contributed by atoms with Crippen LogP contribution < -0.4 is 14.0 Å². The van der Waals surface area contributed by atoms with Gasteiger partial charge in [0.2, 0.25) is 0 Å². The molecule has 0 aliphatic heterocycles. The second-order valence-electron chi connectivity index (χ2n) is 7.38. The highest BCUT2D eigenvalue weighted by atomic mass is 16.7. The van der Waals surface area contributed by atoms with E-state index in [0.29, 0.717) is 17.2 Å². The van der Waals surface area contributed by atoms with Crippen molar-refractivity contribution in [3.63, 3.8) is 0 Å². The number of aryl methyl sites for hydroxylation is 6. The molecule has 0 heterocycles. The molecule has 3 aromatic carbocycles. The molecule has 0 atom stereocenters. The first-order valence-electron chi connectivity index (χ1n) is 9.53. The van der Waals surface area contributed by atoms with E-state index in [-0.39, 0.29) is 0 Å². The van der Waals surface area contributed by atoms with Crippen molar-refractivity contribution in [1.82, 2.24) is 0 Å². The van der Waals surface area contributed by atoms with Crippen LogP contribution in [0.25, 0.3) is 0 Å². The van der Waals surface area contributed by atoms with Gasteiger partial charge in [0.15, 0.2) is 0 Å². The van der Waals surface area contributed by atoms with Gasteiger partial charge in [-0.05, 0) is 111 Å². The minimum Gasteiger partial charge on any atom is -0.490 e. The van der Waals surface area contributed by atoms with E-state index in [0.717, 1.165) is 16.7 Å². The van der Waals surface area contributed by atoms with Crippen molar-refractivity contribution in [2.24, 2.45) is 0 Å². The highest BCUT2D eigenvalue weighted by molar-refractivity contribution is 6.39. The molecule has 0 amide bonds. The summed E-state index contributed by atoms with van der Waals surface area (Å²) in [6.07, 6.45) is 0. The lowest BCUT2D eigenvalue weighted by atomic mass is 10.1. The van der Waals surface area contributed by atoms with E-state index in [4.69, 9.17) is 14.0 Å². The molecule has 144 valence electrons. The Bertz CT molecular complexity index is 854. The van der Waals surface area contributed by atoms with Gasteiger partial charge in [-0.15, -0.1) is 0 Å². The van der Waals surface area contributed by atoms with Crippen LogP contribution in [0.15, 0.2) is 54.6 Å². The highest BCUT2D eigenvalue weighted by Gasteiger charge is 2.30. The normalized spacial score (nSPS) is 10.5. The van der Waals surface area contributed by atoms with Gasteiger partial charge >= 0.3 is 7.32 Å². The number of rotatable bonds is 6. The van der Waals surface area contributed by atoms with Crippen LogP contribution in [-0.2, 0) is 0 Å². The van der Waals surface area contributed by atoms with E-state index in [1.165, 1.54) is 16.7 Å². The van der Waals surface area contributed by atoms with Crippen LogP contribution in [-0.4, -0.2) is 7.32 Å². The maximum absolute atomic E-state index is 6.05. The smallest absolute Gasteiger partial charge is 0.490 e. The molecule has 0 unspecified atom stereocenters. The molecule has 0 fully saturated rings. The monoisotopic (exact) mass is 374 g/mol. The SMILES string of the molecule is Cc1ccc(OB(Oc2ccc(C)c(C)c2)Oc2ccc(C)c(C)c2)cc1C. The van der Waals surface area contributed by atoms with Crippen molar-refractivity contribution in [1.29, 1.82) is 0 Å². The Hall–Kier alpha value is -2.88. The molecule has 0 spiro atoms. The quantitative estimate of drug-likeness (QED) is 0.491. The third-order valence-electron chi connectivity index (χ3n) is 5.13. The Kier molecular flexibility index (Phi) is 5.98. The zero-order valence-electron chi connectivity index (χ0n) is 17.5. The van der Waals surface area contributed by atoms with E-state index in [1.54, 1.807) is 0 Å². The summed E-state index contributed by atoms with van der Waals surface area (Å²) in [6, 6.07) is 17.9. The topological polar surface area (TPSA) is 27.7 Å². The van der Waals surface area contributed by atoms with Crippen LogP contribution in [0.1, 0.15) is 33.4 Å². The molecule has 3 aromatic rings. The van der Waals surface area contributed by atoms with Gasteiger partial charge in [0.1, 0.15) is 17.2 Å². The van der Waals surface area contributed by atoms with Gasteiger partial charge in [-0.1, -0.05) is 18.2 Å². The molecule has 0 bridgehead atoms. The Labute approximate surface area is 168 Å². The minimum absolute atomic E-state index is 0.709. The highest BCUT2D eigenvalue weighted by Crippen LogP contribution is 2.23. The third kappa shape index (κ3) is 4.89. The van der Waals surface area contributed by atoms with Gasteiger partial charge < -0.3 is 14.0 Å². The second-order valence-corrected chi connectivity index (χ2v) is 7.38. The van der Waals surface area contributed by atoms with E-state index in [2.05, 4.69) is 41.5 Å². The molecule has 0 saturated carbocycles. The predicted molar refractivity (Wildman–Crippen MR) is 115 cm³/mol. The fourth-order valence-corrected chi connectivity index (χ4v) is 2.77.